The molecule has 17 heavy (non-hydrogen) atoms. The van der Waals surface area contributed by atoms with Gasteiger partial charge in [-0.15, -0.1) is 0 Å². The van der Waals surface area contributed by atoms with Crippen molar-refractivity contribution in [2.45, 2.75) is 26.8 Å². The number of hydrogen-bond acceptors (Lipinski definition) is 2. The Kier molecular flexibility index (Phi) is 4.54. The summed E-state index contributed by atoms with van der Waals surface area (Å²) in [6, 6.07) is 7.59. The van der Waals surface area contributed by atoms with Crippen molar-refractivity contribution in [2.24, 2.45) is 5.41 Å². The Morgan fingerprint density at radius 2 is 2.06 bits per heavy atom. The van der Waals surface area contributed by atoms with Crippen molar-refractivity contribution < 1.29 is 9.90 Å². The van der Waals surface area contributed by atoms with Crippen molar-refractivity contribution in [2.75, 3.05) is 6.54 Å². The number of carbonyl (C=O) groups is 1. The van der Waals surface area contributed by atoms with Crippen LogP contribution in [0.25, 0.3) is 0 Å². The molecule has 0 aliphatic rings. The van der Waals surface area contributed by atoms with Crippen LogP contribution in [0, 0.1) is 5.41 Å². The molecule has 3 nitrogen and oxygen atoms in total. The summed E-state index contributed by atoms with van der Waals surface area (Å²) in [7, 11) is 0. The van der Waals surface area contributed by atoms with Crippen LogP contribution in [-0.4, -0.2) is 17.6 Å². The highest BCUT2D eigenvalue weighted by molar-refractivity contribution is 6.31. The first kappa shape index (κ1) is 14.0. The number of hydrogen-bond donors (Lipinski definition) is 2. The van der Waals surface area contributed by atoms with Crippen LogP contribution in [0.1, 0.15) is 32.4 Å². The summed E-state index contributed by atoms with van der Waals surface area (Å²) < 4.78 is 0. The molecule has 1 aromatic rings. The normalized spacial score (nSPS) is 13.4. The number of rotatable bonds is 5. The van der Waals surface area contributed by atoms with E-state index in [0.717, 1.165) is 5.56 Å². The Balaban J connectivity index is 2.65. The molecule has 0 fully saturated rings. The van der Waals surface area contributed by atoms with Gasteiger partial charge in [-0.05, 0) is 32.4 Å². The lowest BCUT2D eigenvalue weighted by Gasteiger charge is -2.23. The Morgan fingerprint density at radius 3 is 2.59 bits per heavy atom. The average Bonchev–Trinajstić information content (AvgIpc) is 2.26. The van der Waals surface area contributed by atoms with Gasteiger partial charge in [-0.3, -0.25) is 4.79 Å². The van der Waals surface area contributed by atoms with Crippen LogP contribution in [0.15, 0.2) is 24.3 Å². The number of aliphatic carboxylic acids is 1. The van der Waals surface area contributed by atoms with Crippen molar-refractivity contribution in [3.05, 3.63) is 34.9 Å². The minimum absolute atomic E-state index is 0.0299. The van der Waals surface area contributed by atoms with E-state index in [4.69, 9.17) is 16.7 Å². The van der Waals surface area contributed by atoms with E-state index in [2.05, 4.69) is 5.32 Å². The summed E-state index contributed by atoms with van der Waals surface area (Å²) in [6.07, 6.45) is 0. The fourth-order valence-corrected chi connectivity index (χ4v) is 1.72. The van der Waals surface area contributed by atoms with Gasteiger partial charge in [0, 0.05) is 17.6 Å². The van der Waals surface area contributed by atoms with Gasteiger partial charge in [0.15, 0.2) is 0 Å². The van der Waals surface area contributed by atoms with Gasteiger partial charge in [-0.25, -0.2) is 0 Å². The van der Waals surface area contributed by atoms with Crippen LogP contribution in [-0.2, 0) is 4.79 Å². The molecule has 0 saturated carbocycles. The molecule has 94 valence electrons. The number of halogens is 1. The molecule has 0 amide bonds. The standard InChI is InChI=1S/C13H18ClNO2/c1-9(10-6-4-5-7-11(10)14)15-8-13(2,3)12(16)17/h4-7,9,15H,8H2,1-3H3,(H,16,17)/t9-/m1/s1. The maximum atomic E-state index is 11.0. The van der Waals surface area contributed by atoms with E-state index in [1.54, 1.807) is 13.8 Å². The van der Waals surface area contributed by atoms with Crippen molar-refractivity contribution in [1.82, 2.24) is 5.32 Å². The molecule has 0 heterocycles. The van der Waals surface area contributed by atoms with Gasteiger partial charge in [0.05, 0.1) is 5.41 Å². The summed E-state index contributed by atoms with van der Waals surface area (Å²) in [4.78, 5) is 11.0. The second-order valence-corrected chi connectivity index (χ2v) is 5.22. The predicted molar refractivity (Wildman–Crippen MR) is 69.3 cm³/mol. The lowest BCUT2D eigenvalue weighted by molar-refractivity contribution is -0.146. The highest BCUT2D eigenvalue weighted by Crippen LogP contribution is 2.23. The van der Waals surface area contributed by atoms with E-state index in [9.17, 15) is 4.79 Å². The number of nitrogens with one attached hydrogen (secondary N) is 1. The van der Waals surface area contributed by atoms with Crippen molar-refractivity contribution in [3.8, 4) is 0 Å². The van der Waals surface area contributed by atoms with E-state index in [1.165, 1.54) is 0 Å². The second kappa shape index (κ2) is 5.52. The van der Waals surface area contributed by atoms with Crippen molar-refractivity contribution in [3.63, 3.8) is 0 Å². The summed E-state index contributed by atoms with van der Waals surface area (Å²) in [6.45, 7) is 5.76. The van der Waals surface area contributed by atoms with E-state index >= 15 is 0 Å². The third-order valence-corrected chi connectivity index (χ3v) is 3.15. The van der Waals surface area contributed by atoms with Crippen LogP contribution in [0.3, 0.4) is 0 Å². The van der Waals surface area contributed by atoms with Gasteiger partial charge in [0.1, 0.15) is 0 Å². The third kappa shape index (κ3) is 3.72. The maximum absolute atomic E-state index is 11.0. The smallest absolute Gasteiger partial charge is 0.310 e. The molecular weight excluding hydrogens is 238 g/mol. The molecule has 0 bridgehead atoms. The van der Waals surface area contributed by atoms with E-state index in [0.29, 0.717) is 11.6 Å². The molecule has 0 aromatic heterocycles. The molecule has 0 saturated heterocycles. The topological polar surface area (TPSA) is 49.3 Å². The van der Waals surface area contributed by atoms with Crippen LogP contribution in [0.2, 0.25) is 5.02 Å². The van der Waals surface area contributed by atoms with Crippen LogP contribution in [0.4, 0.5) is 0 Å². The van der Waals surface area contributed by atoms with Crippen molar-refractivity contribution in [1.29, 1.82) is 0 Å². The Labute approximate surface area is 107 Å². The quantitative estimate of drug-likeness (QED) is 0.850. The van der Waals surface area contributed by atoms with E-state index in [-0.39, 0.29) is 6.04 Å². The van der Waals surface area contributed by atoms with Gasteiger partial charge < -0.3 is 10.4 Å². The molecule has 0 aliphatic heterocycles. The van der Waals surface area contributed by atoms with Crippen LogP contribution >= 0.6 is 11.6 Å². The highest BCUT2D eigenvalue weighted by Gasteiger charge is 2.27. The zero-order valence-corrected chi connectivity index (χ0v) is 11.1. The average molecular weight is 256 g/mol. The predicted octanol–water partition coefficient (Wildman–Crippen LogP) is 3.10. The zero-order valence-electron chi connectivity index (χ0n) is 10.3. The van der Waals surface area contributed by atoms with Gasteiger partial charge in [0.2, 0.25) is 0 Å². The second-order valence-electron chi connectivity index (χ2n) is 4.81. The minimum atomic E-state index is -0.809. The number of benzene rings is 1. The van der Waals surface area contributed by atoms with Gasteiger partial charge in [-0.2, -0.15) is 0 Å². The Hall–Kier alpha value is -1.06. The van der Waals surface area contributed by atoms with Gasteiger partial charge >= 0.3 is 5.97 Å². The molecule has 0 unspecified atom stereocenters. The number of carboxylic acid groups (broad SMARTS) is 1. The minimum Gasteiger partial charge on any atom is -0.481 e. The highest BCUT2D eigenvalue weighted by atomic mass is 35.5. The van der Waals surface area contributed by atoms with Gasteiger partial charge in [-0.1, -0.05) is 29.8 Å². The lowest BCUT2D eigenvalue weighted by atomic mass is 9.93. The van der Waals surface area contributed by atoms with Crippen LogP contribution < -0.4 is 5.32 Å². The van der Waals surface area contributed by atoms with Crippen LogP contribution in [0.5, 0.6) is 0 Å². The Morgan fingerprint density at radius 1 is 1.47 bits per heavy atom. The maximum Gasteiger partial charge on any atom is 0.310 e. The molecule has 0 aliphatic carbocycles. The molecule has 1 rings (SSSR count). The summed E-state index contributed by atoms with van der Waals surface area (Å²) in [5.74, 6) is -0.809. The summed E-state index contributed by atoms with van der Waals surface area (Å²) >= 11 is 6.08. The van der Waals surface area contributed by atoms with E-state index in [1.807, 2.05) is 31.2 Å². The Bertz CT molecular complexity index is 404. The van der Waals surface area contributed by atoms with Gasteiger partial charge in [0.25, 0.3) is 0 Å². The molecule has 1 atom stereocenters. The monoisotopic (exact) mass is 255 g/mol. The first-order valence-corrected chi connectivity index (χ1v) is 5.93. The fraction of sp³-hybridized carbons (Fsp3) is 0.462. The summed E-state index contributed by atoms with van der Waals surface area (Å²) in [5, 5.41) is 12.9. The first-order chi connectivity index (χ1) is 7.84. The largest absolute Gasteiger partial charge is 0.481 e. The van der Waals surface area contributed by atoms with Crippen molar-refractivity contribution >= 4 is 17.6 Å². The fourth-order valence-electron chi connectivity index (χ4n) is 1.42. The SMILES string of the molecule is C[C@@H](NCC(C)(C)C(=O)O)c1ccccc1Cl. The van der Waals surface area contributed by atoms with E-state index < -0.39 is 11.4 Å². The third-order valence-electron chi connectivity index (χ3n) is 2.80. The molecular formula is C13H18ClNO2. The molecule has 1 aromatic carbocycles. The first-order valence-electron chi connectivity index (χ1n) is 5.56. The lowest BCUT2D eigenvalue weighted by Crippen LogP contribution is -2.37. The summed E-state index contributed by atoms with van der Waals surface area (Å²) in [5.41, 5.74) is 0.200. The zero-order chi connectivity index (χ0) is 13.1. The number of carboxylic acids is 1. The molecule has 0 spiro atoms. The molecule has 4 heteroatoms. The molecule has 2 N–H and O–H groups in total. The molecule has 0 radical (unpaired) electrons.